The summed E-state index contributed by atoms with van der Waals surface area (Å²) >= 11 is 0. The summed E-state index contributed by atoms with van der Waals surface area (Å²) in [6.45, 7) is 2.41. The molecule has 2 aromatic heterocycles. The molecule has 0 bridgehead atoms. The summed E-state index contributed by atoms with van der Waals surface area (Å²) < 4.78 is 0. The summed E-state index contributed by atoms with van der Waals surface area (Å²) in [5.41, 5.74) is 1.56. The van der Waals surface area contributed by atoms with Crippen molar-refractivity contribution >= 4 is 5.91 Å². The van der Waals surface area contributed by atoms with Gasteiger partial charge in [-0.1, -0.05) is 0 Å². The van der Waals surface area contributed by atoms with Crippen LogP contribution in [0.5, 0.6) is 0 Å². The topological polar surface area (TPSA) is 125 Å². The average molecular weight is 315 g/mol. The summed E-state index contributed by atoms with van der Waals surface area (Å²) in [7, 11) is 0. The number of carbonyl (C=O) groups excluding carboxylic acids is 1. The molecule has 0 spiro atoms. The smallest absolute Gasteiger partial charge is 0.270 e. The Balaban J connectivity index is 1.65. The number of amides is 1. The van der Waals surface area contributed by atoms with Crippen LogP contribution in [0, 0.1) is 11.3 Å². The predicted molar refractivity (Wildman–Crippen MR) is 79.1 cm³/mol. The van der Waals surface area contributed by atoms with E-state index in [4.69, 9.17) is 5.26 Å². The summed E-state index contributed by atoms with van der Waals surface area (Å²) in [4.78, 5) is 18.9. The van der Waals surface area contributed by atoms with Gasteiger partial charge in [0.2, 0.25) is 0 Å². The summed E-state index contributed by atoms with van der Waals surface area (Å²) in [5.74, 6) is -0.214. The molecule has 9 nitrogen and oxygen atoms in total. The molecule has 0 aromatic carbocycles. The Labute approximate surface area is 132 Å². The molecule has 1 unspecified atom stereocenters. The van der Waals surface area contributed by atoms with Crippen LogP contribution in [0.15, 0.2) is 18.5 Å². The average Bonchev–Trinajstić information content (AvgIpc) is 3.18. The van der Waals surface area contributed by atoms with E-state index in [1.54, 1.807) is 11.1 Å². The molecule has 3 heterocycles. The van der Waals surface area contributed by atoms with Crippen LogP contribution < -0.4 is 0 Å². The van der Waals surface area contributed by atoms with Gasteiger partial charge in [0.25, 0.3) is 5.91 Å². The number of nitriles is 1. The zero-order valence-corrected chi connectivity index (χ0v) is 12.4. The highest BCUT2D eigenvalue weighted by Crippen LogP contribution is 2.11. The lowest BCUT2D eigenvalue weighted by atomic mass is 10.2. The van der Waals surface area contributed by atoms with Crippen molar-refractivity contribution in [3.63, 3.8) is 0 Å². The van der Waals surface area contributed by atoms with Crippen LogP contribution in [0.1, 0.15) is 21.7 Å². The maximum absolute atomic E-state index is 12.5. The van der Waals surface area contributed by atoms with Crippen LogP contribution in [0.2, 0.25) is 0 Å². The zero-order chi connectivity index (χ0) is 16.2. The Morgan fingerprint density at radius 3 is 3.04 bits per heavy atom. The van der Waals surface area contributed by atoms with Crippen molar-refractivity contribution in [2.45, 2.75) is 12.6 Å². The standard InChI is InChI=1S/C14H17N7O2/c15-4-10-3-13(16-5-10)14(23)21-2-1-20(8-12(22)9-21)7-11-6-17-19-18-11/h3,5-6,12,16,22H,1-2,7-9H2,(H,17,18,19). The number of H-pyrrole nitrogens is 2. The zero-order valence-electron chi connectivity index (χ0n) is 12.4. The first kappa shape index (κ1) is 15.2. The molecule has 1 aliphatic rings. The monoisotopic (exact) mass is 315 g/mol. The molecule has 3 N–H and O–H groups in total. The van der Waals surface area contributed by atoms with Crippen molar-refractivity contribution in [3.8, 4) is 6.07 Å². The van der Waals surface area contributed by atoms with Gasteiger partial charge in [0.05, 0.1) is 23.6 Å². The van der Waals surface area contributed by atoms with E-state index in [0.29, 0.717) is 37.4 Å². The quantitative estimate of drug-likeness (QED) is 0.689. The third-order valence-electron chi connectivity index (χ3n) is 3.77. The maximum atomic E-state index is 12.5. The molecule has 120 valence electrons. The SMILES string of the molecule is N#Cc1c[nH]c(C(=O)N2CCN(Cc3cn[nH]n3)CC(O)C2)c1. The van der Waals surface area contributed by atoms with Gasteiger partial charge in [-0.05, 0) is 6.07 Å². The van der Waals surface area contributed by atoms with Crippen molar-refractivity contribution in [2.24, 2.45) is 0 Å². The number of carbonyl (C=O) groups is 1. The van der Waals surface area contributed by atoms with Crippen LogP contribution in [-0.4, -0.2) is 73.5 Å². The van der Waals surface area contributed by atoms with E-state index in [2.05, 4.69) is 20.4 Å². The highest BCUT2D eigenvalue weighted by molar-refractivity contribution is 5.93. The second-order valence-electron chi connectivity index (χ2n) is 5.52. The van der Waals surface area contributed by atoms with Crippen LogP contribution in [0.25, 0.3) is 0 Å². The van der Waals surface area contributed by atoms with E-state index in [0.717, 1.165) is 5.69 Å². The number of aromatic nitrogens is 4. The molecule has 1 amide bonds. The predicted octanol–water partition coefficient (Wildman–Crippen LogP) is -0.677. The minimum absolute atomic E-state index is 0.214. The van der Waals surface area contributed by atoms with E-state index >= 15 is 0 Å². The molecule has 1 fully saturated rings. The lowest BCUT2D eigenvalue weighted by Crippen LogP contribution is -2.37. The number of aromatic amines is 2. The van der Waals surface area contributed by atoms with Gasteiger partial charge in [-0.3, -0.25) is 9.69 Å². The van der Waals surface area contributed by atoms with Gasteiger partial charge in [0.15, 0.2) is 0 Å². The van der Waals surface area contributed by atoms with E-state index < -0.39 is 6.10 Å². The number of nitrogens with one attached hydrogen (secondary N) is 2. The fraction of sp³-hybridized carbons (Fsp3) is 0.429. The Morgan fingerprint density at radius 1 is 1.48 bits per heavy atom. The summed E-state index contributed by atoms with van der Waals surface area (Å²) in [5, 5.41) is 29.3. The lowest BCUT2D eigenvalue weighted by Gasteiger charge is -2.21. The number of β-amino-alcohol motifs (C(OH)–C–C–N with tert-alkyl or cyclic N) is 1. The number of hydrogen-bond acceptors (Lipinski definition) is 6. The molecule has 1 saturated heterocycles. The van der Waals surface area contributed by atoms with E-state index in [1.165, 1.54) is 12.3 Å². The molecule has 1 aliphatic heterocycles. The third-order valence-corrected chi connectivity index (χ3v) is 3.77. The Hall–Kier alpha value is -2.70. The molecule has 0 radical (unpaired) electrons. The summed E-state index contributed by atoms with van der Waals surface area (Å²) in [6.07, 6.45) is 2.50. The minimum Gasteiger partial charge on any atom is -0.390 e. The number of aliphatic hydroxyl groups excluding tert-OH is 1. The van der Waals surface area contributed by atoms with Gasteiger partial charge >= 0.3 is 0 Å². The second kappa shape index (κ2) is 6.60. The van der Waals surface area contributed by atoms with Gasteiger partial charge in [-0.25, -0.2) is 0 Å². The minimum atomic E-state index is -0.640. The molecule has 23 heavy (non-hydrogen) atoms. The number of aliphatic hydroxyl groups is 1. The number of rotatable bonds is 3. The number of hydrogen-bond donors (Lipinski definition) is 3. The Kier molecular flexibility index (Phi) is 4.36. The molecule has 0 saturated carbocycles. The van der Waals surface area contributed by atoms with Crippen molar-refractivity contribution in [1.29, 1.82) is 5.26 Å². The summed E-state index contributed by atoms with van der Waals surface area (Å²) in [6, 6.07) is 3.50. The molecule has 2 aromatic rings. The molecule has 1 atom stereocenters. The maximum Gasteiger partial charge on any atom is 0.270 e. The van der Waals surface area contributed by atoms with Crippen molar-refractivity contribution in [3.05, 3.63) is 35.4 Å². The first-order valence-electron chi connectivity index (χ1n) is 7.28. The first-order valence-corrected chi connectivity index (χ1v) is 7.28. The van der Waals surface area contributed by atoms with Gasteiger partial charge < -0.3 is 15.0 Å². The van der Waals surface area contributed by atoms with Crippen LogP contribution >= 0.6 is 0 Å². The van der Waals surface area contributed by atoms with Gasteiger partial charge in [-0.15, -0.1) is 0 Å². The van der Waals surface area contributed by atoms with Crippen LogP contribution in [0.4, 0.5) is 0 Å². The largest absolute Gasteiger partial charge is 0.390 e. The van der Waals surface area contributed by atoms with Crippen molar-refractivity contribution < 1.29 is 9.90 Å². The van der Waals surface area contributed by atoms with E-state index in [-0.39, 0.29) is 12.5 Å². The number of nitrogens with zero attached hydrogens (tertiary/aromatic N) is 5. The second-order valence-corrected chi connectivity index (χ2v) is 5.52. The van der Waals surface area contributed by atoms with Crippen molar-refractivity contribution in [2.75, 3.05) is 26.2 Å². The fourth-order valence-corrected chi connectivity index (χ4v) is 2.67. The third kappa shape index (κ3) is 3.56. The Bertz CT molecular complexity index is 703. The van der Waals surface area contributed by atoms with Gasteiger partial charge in [0, 0.05) is 38.9 Å². The van der Waals surface area contributed by atoms with E-state index in [9.17, 15) is 9.90 Å². The Morgan fingerprint density at radius 2 is 2.35 bits per heavy atom. The van der Waals surface area contributed by atoms with Crippen molar-refractivity contribution in [1.82, 2.24) is 30.2 Å². The molecular weight excluding hydrogens is 298 g/mol. The highest BCUT2D eigenvalue weighted by Gasteiger charge is 2.26. The molecule has 3 rings (SSSR count). The molecule has 0 aliphatic carbocycles. The van der Waals surface area contributed by atoms with E-state index in [1.807, 2.05) is 11.0 Å². The highest BCUT2D eigenvalue weighted by atomic mass is 16.3. The normalized spacial score (nSPS) is 19.3. The van der Waals surface area contributed by atoms with Crippen LogP contribution in [-0.2, 0) is 6.54 Å². The first-order chi connectivity index (χ1) is 11.2. The molecule has 9 heteroatoms. The van der Waals surface area contributed by atoms with Crippen LogP contribution in [0.3, 0.4) is 0 Å². The lowest BCUT2D eigenvalue weighted by molar-refractivity contribution is 0.0658. The van der Waals surface area contributed by atoms with Gasteiger partial charge in [-0.2, -0.15) is 20.7 Å². The van der Waals surface area contributed by atoms with Gasteiger partial charge in [0.1, 0.15) is 11.8 Å². The molecular formula is C14H17N7O2. The fourth-order valence-electron chi connectivity index (χ4n) is 2.67.